The van der Waals surface area contributed by atoms with E-state index < -0.39 is 6.10 Å². The van der Waals surface area contributed by atoms with E-state index >= 15 is 0 Å². The van der Waals surface area contributed by atoms with E-state index in [2.05, 4.69) is 0 Å². The molecule has 0 saturated carbocycles. The van der Waals surface area contributed by atoms with Crippen LogP contribution in [0.3, 0.4) is 0 Å². The Bertz CT molecular complexity index is 271. The molecule has 0 aromatic heterocycles. The topological polar surface area (TPSA) is 83.6 Å². The maximum Gasteiger partial charge on any atom is 0.222 e. The summed E-state index contributed by atoms with van der Waals surface area (Å²) in [6.45, 7) is 3.10. The van der Waals surface area contributed by atoms with Crippen LogP contribution in [-0.2, 0) is 9.59 Å². The number of aliphatic hydroxyl groups is 1. The van der Waals surface area contributed by atoms with Crippen LogP contribution in [0.1, 0.15) is 39.0 Å². The molecule has 2 amide bonds. The molecule has 1 rings (SSSR count). The lowest BCUT2D eigenvalue weighted by Crippen LogP contribution is -2.39. The summed E-state index contributed by atoms with van der Waals surface area (Å²) in [5.74, 6) is 0.167. The number of primary amides is 1. The standard InChI is InChI=1S/C12H22N2O3/c1-9(15)2-3-12(17)14-6-4-10(5-7-14)8-11(13)16/h9-10,15H,2-8H2,1H3,(H2,13,16). The summed E-state index contributed by atoms with van der Waals surface area (Å²) in [6.07, 6.45) is 2.62. The van der Waals surface area contributed by atoms with E-state index in [1.165, 1.54) is 0 Å². The molecular formula is C12H22N2O3. The van der Waals surface area contributed by atoms with E-state index in [-0.39, 0.29) is 11.8 Å². The van der Waals surface area contributed by atoms with Crippen molar-refractivity contribution in [2.24, 2.45) is 11.7 Å². The minimum absolute atomic E-state index is 0.100. The van der Waals surface area contributed by atoms with Gasteiger partial charge in [-0.3, -0.25) is 9.59 Å². The number of aliphatic hydroxyl groups excluding tert-OH is 1. The second kappa shape index (κ2) is 6.59. The van der Waals surface area contributed by atoms with Gasteiger partial charge in [0, 0.05) is 25.9 Å². The van der Waals surface area contributed by atoms with Crippen LogP contribution in [0.4, 0.5) is 0 Å². The quantitative estimate of drug-likeness (QED) is 0.725. The Morgan fingerprint density at radius 2 is 2.00 bits per heavy atom. The third kappa shape index (κ3) is 5.17. The van der Waals surface area contributed by atoms with Crippen molar-refractivity contribution in [3.8, 4) is 0 Å². The number of carbonyl (C=O) groups excluding carboxylic acids is 2. The molecule has 0 aliphatic carbocycles. The van der Waals surface area contributed by atoms with Gasteiger partial charge in [0.15, 0.2) is 0 Å². The number of carbonyl (C=O) groups is 2. The lowest BCUT2D eigenvalue weighted by Gasteiger charge is -2.31. The number of nitrogens with two attached hydrogens (primary N) is 1. The number of hydrogen-bond acceptors (Lipinski definition) is 3. The number of nitrogens with zero attached hydrogens (tertiary/aromatic N) is 1. The number of rotatable bonds is 5. The van der Waals surface area contributed by atoms with Gasteiger partial charge in [-0.15, -0.1) is 0 Å². The molecule has 0 spiro atoms. The van der Waals surface area contributed by atoms with Gasteiger partial charge in [0.2, 0.25) is 11.8 Å². The second-order valence-electron chi connectivity index (χ2n) is 4.88. The van der Waals surface area contributed by atoms with Gasteiger partial charge in [-0.2, -0.15) is 0 Å². The van der Waals surface area contributed by atoms with Crippen molar-refractivity contribution in [3.05, 3.63) is 0 Å². The molecule has 1 aliphatic rings. The van der Waals surface area contributed by atoms with Crippen molar-refractivity contribution < 1.29 is 14.7 Å². The van der Waals surface area contributed by atoms with E-state index in [1.807, 2.05) is 4.90 Å². The predicted molar refractivity (Wildman–Crippen MR) is 64.0 cm³/mol. The molecule has 1 heterocycles. The number of piperidine rings is 1. The Morgan fingerprint density at radius 1 is 1.41 bits per heavy atom. The summed E-state index contributed by atoms with van der Waals surface area (Å²) in [5.41, 5.74) is 5.15. The Morgan fingerprint density at radius 3 is 2.47 bits per heavy atom. The number of likely N-dealkylation sites (tertiary alicyclic amines) is 1. The Labute approximate surface area is 102 Å². The first-order valence-electron chi connectivity index (χ1n) is 6.23. The Hall–Kier alpha value is -1.10. The summed E-state index contributed by atoms with van der Waals surface area (Å²) in [5, 5.41) is 9.12. The molecule has 3 N–H and O–H groups in total. The van der Waals surface area contributed by atoms with E-state index in [0.29, 0.717) is 38.3 Å². The maximum absolute atomic E-state index is 11.8. The monoisotopic (exact) mass is 242 g/mol. The largest absolute Gasteiger partial charge is 0.393 e. The molecule has 1 unspecified atom stereocenters. The van der Waals surface area contributed by atoms with Gasteiger partial charge < -0.3 is 15.7 Å². The smallest absolute Gasteiger partial charge is 0.222 e. The molecule has 0 bridgehead atoms. The molecule has 1 fully saturated rings. The van der Waals surface area contributed by atoms with Gasteiger partial charge in [-0.05, 0) is 32.1 Å². The minimum Gasteiger partial charge on any atom is -0.393 e. The molecule has 98 valence electrons. The molecule has 1 saturated heterocycles. The average molecular weight is 242 g/mol. The zero-order valence-corrected chi connectivity index (χ0v) is 10.4. The van der Waals surface area contributed by atoms with Gasteiger partial charge >= 0.3 is 0 Å². The van der Waals surface area contributed by atoms with Crippen LogP contribution in [-0.4, -0.2) is 41.0 Å². The highest BCUT2D eigenvalue weighted by atomic mass is 16.3. The summed E-state index contributed by atoms with van der Waals surface area (Å²) >= 11 is 0. The van der Waals surface area contributed by atoms with E-state index in [4.69, 9.17) is 10.8 Å². The molecule has 0 aromatic carbocycles. The third-order valence-electron chi connectivity index (χ3n) is 3.23. The summed E-state index contributed by atoms with van der Waals surface area (Å²) in [4.78, 5) is 24.3. The average Bonchev–Trinajstić information content (AvgIpc) is 2.26. The van der Waals surface area contributed by atoms with Crippen LogP contribution in [0.5, 0.6) is 0 Å². The lowest BCUT2D eigenvalue weighted by molar-refractivity contribution is -0.133. The van der Waals surface area contributed by atoms with Crippen LogP contribution >= 0.6 is 0 Å². The first-order chi connectivity index (χ1) is 7.99. The lowest BCUT2D eigenvalue weighted by atomic mass is 9.93. The first-order valence-corrected chi connectivity index (χ1v) is 6.23. The molecule has 17 heavy (non-hydrogen) atoms. The number of hydrogen-bond donors (Lipinski definition) is 2. The first kappa shape index (κ1) is 14.0. The minimum atomic E-state index is -0.425. The summed E-state index contributed by atoms with van der Waals surface area (Å²) < 4.78 is 0. The fraction of sp³-hybridized carbons (Fsp3) is 0.833. The molecule has 5 heteroatoms. The van der Waals surface area contributed by atoms with Crippen molar-refractivity contribution in [1.29, 1.82) is 0 Å². The molecule has 0 aromatic rings. The maximum atomic E-state index is 11.8. The molecule has 1 aliphatic heterocycles. The molecular weight excluding hydrogens is 220 g/mol. The highest BCUT2D eigenvalue weighted by molar-refractivity contribution is 5.76. The predicted octanol–water partition coefficient (Wildman–Crippen LogP) is 0.261. The molecule has 0 radical (unpaired) electrons. The van der Waals surface area contributed by atoms with Crippen molar-refractivity contribution in [1.82, 2.24) is 4.90 Å². The van der Waals surface area contributed by atoms with E-state index in [1.54, 1.807) is 6.92 Å². The highest BCUT2D eigenvalue weighted by Gasteiger charge is 2.23. The Kier molecular flexibility index (Phi) is 5.41. The normalized spacial score (nSPS) is 19.1. The van der Waals surface area contributed by atoms with Crippen LogP contribution in [0, 0.1) is 5.92 Å². The van der Waals surface area contributed by atoms with Gasteiger partial charge in [-0.25, -0.2) is 0 Å². The SMILES string of the molecule is CC(O)CCC(=O)N1CCC(CC(N)=O)CC1. The molecule has 1 atom stereocenters. The van der Waals surface area contributed by atoms with Crippen LogP contribution in [0.2, 0.25) is 0 Å². The zero-order valence-electron chi connectivity index (χ0n) is 10.4. The van der Waals surface area contributed by atoms with Gasteiger partial charge in [0.25, 0.3) is 0 Å². The van der Waals surface area contributed by atoms with Crippen molar-refractivity contribution in [2.75, 3.05) is 13.1 Å². The van der Waals surface area contributed by atoms with Crippen LogP contribution in [0.25, 0.3) is 0 Å². The van der Waals surface area contributed by atoms with E-state index in [0.717, 1.165) is 12.8 Å². The second-order valence-corrected chi connectivity index (χ2v) is 4.88. The summed E-state index contributed by atoms with van der Waals surface area (Å²) in [6, 6.07) is 0. The zero-order chi connectivity index (χ0) is 12.8. The fourth-order valence-electron chi connectivity index (χ4n) is 2.16. The number of amides is 2. The third-order valence-corrected chi connectivity index (χ3v) is 3.23. The van der Waals surface area contributed by atoms with Gasteiger partial charge in [0.1, 0.15) is 0 Å². The van der Waals surface area contributed by atoms with Crippen molar-refractivity contribution >= 4 is 11.8 Å². The Balaban J connectivity index is 2.26. The summed E-state index contributed by atoms with van der Waals surface area (Å²) in [7, 11) is 0. The van der Waals surface area contributed by atoms with Crippen molar-refractivity contribution in [2.45, 2.75) is 45.1 Å². The highest BCUT2D eigenvalue weighted by Crippen LogP contribution is 2.20. The van der Waals surface area contributed by atoms with Gasteiger partial charge in [-0.1, -0.05) is 0 Å². The van der Waals surface area contributed by atoms with E-state index in [9.17, 15) is 9.59 Å². The van der Waals surface area contributed by atoms with Crippen LogP contribution < -0.4 is 5.73 Å². The van der Waals surface area contributed by atoms with Crippen molar-refractivity contribution in [3.63, 3.8) is 0 Å². The van der Waals surface area contributed by atoms with Gasteiger partial charge in [0.05, 0.1) is 6.10 Å². The van der Waals surface area contributed by atoms with Crippen LogP contribution in [0.15, 0.2) is 0 Å². The molecule has 5 nitrogen and oxygen atoms in total. The fourth-order valence-corrected chi connectivity index (χ4v) is 2.16.